The molecule has 0 saturated carbocycles. The second-order valence-electron chi connectivity index (χ2n) is 8.03. The fraction of sp³-hybridized carbons (Fsp3) is 0.240. The van der Waals surface area contributed by atoms with Gasteiger partial charge in [0.2, 0.25) is 0 Å². The van der Waals surface area contributed by atoms with Crippen LogP contribution in [-0.2, 0) is 11.2 Å². The highest BCUT2D eigenvalue weighted by molar-refractivity contribution is 5.90. The number of esters is 1. The van der Waals surface area contributed by atoms with Gasteiger partial charge in [-0.1, -0.05) is 30.3 Å². The van der Waals surface area contributed by atoms with Gasteiger partial charge in [0.05, 0.1) is 23.2 Å². The summed E-state index contributed by atoms with van der Waals surface area (Å²) in [6.45, 7) is -0.475. The third-order valence-corrected chi connectivity index (χ3v) is 5.90. The molecule has 3 aromatic rings. The lowest BCUT2D eigenvalue weighted by Gasteiger charge is -2.29. The monoisotopic (exact) mass is 451 g/mol. The molecule has 4 rings (SSSR count). The van der Waals surface area contributed by atoms with Crippen molar-refractivity contribution in [3.05, 3.63) is 110 Å². The normalized spacial score (nSPS) is 17.9. The molecule has 3 aromatic carbocycles. The Labute approximate surface area is 189 Å². The summed E-state index contributed by atoms with van der Waals surface area (Å²) >= 11 is 0. The Balaban J connectivity index is 1.78. The van der Waals surface area contributed by atoms with Gasteiger partial charge in [0.25, 0.3) is 5.69 Å². The molecule has 1 aliphatic rings. The molecule has 0 spiro atoms. The first kappa shape index (κ1) is 22.6. The van der Waals surface area contributed by atoms with E-state index in [1.165, 1.54) is 36.4 Å². The smallest absolute Gasteiger partial charge is 0.338 e. The topological polar surface area (TPSA) is 110 Å². The van der Waals surface area contributed by atoms with E-state index in [1.54, 1.807) is 6.07 Å². The number of aliphatic hydroxyl groups is 2. The fourth-order valence-corrected chi connectivity index (χ4v) is 4.30. The van der Waals surface area contributed by atoms with E-state index in [9.17, 15) is 29.5 Å². The van der Waals surface area contributed by atoms with Crippen LogP contribution in [0.15, 0.2) is 66.7 Å². The maximum absolute atomic E-state index is 14.3. The standard InChI is InChI=1S/C25H22FNO6/c26-18-8-5-17-11-16-3-1-2-4-21(16)23(13-20(29)14-28)24(22(17)12-18)33-25(30)15-6-9-19(10-7-15)27(31)32/h1-10,12,20,23-24,28-29H,11,13-14H2/t20-,23-,24-/m1/s1. The molecular formula is C25H22FNO6. The lowest BCUT2D eigenvalue weighted by molar-refractivity contribution is -0.384. The first-order chi connectivity index (χ1) is 15.9. The average molecular weight is 451 g/mol. The third kappa shape index (κ3) is 4.76. The van der Waals surface area contributed by atoms with Crippen LogP contribution in [0.5, 0.6) is 0 Å². The van der Waals surface area contributed by atoms with Gasteiger partial charge < -0.3 is 14.9 Å². The van der Waals surface area contributed by atoms with E-state index in [-0.39, 0.29) is 17.7 Å². The van der Waals surface area contributed by atoms with E-state index in [2.05, 4.69) is 0 Å². The Hall–Kier alpha value is -3.62. The third-order valence-electron chi connectivity index (χ3n) is 5.90. The van der Waals surface area contributed by atoms with Crippen LogP contribution in [0.1, 0.15) is 51.1 Å². The van der Waals surface area contributed by atoms with Gasteiger partial charge in [0.1, 0.15) is 11.9 Å². The van der Waals surface area contributed by atoms with Gasteiger partial charge in [-0.3, -0.25) is 10.1 Å². The van der Waals surface area contributed by atoms with Gasteiger partial charge in [-0.05, 0) is 59.4 Å². The molecule has 0 aromatic heterocycles. The maximum Gasteiger partial charge on any atom is 0.338 e. The number of hydrogen-bond donors (Lipinski definition) is 2. The fourth-order valence-electron chi connectivity index (χ4n) is 4.30. The SMILES string of the molecule is O=C(O[C@@H]1c2cc(F)ccc2Cc2ccccc2[C@H]1C[C@@H](O)CO)c1ccc([N+](=O)[O-])cc1. The van der Waals surface area contributed by atoms with Gasteiger partial charge in [-0.2, -0.15) is 0 Å². The molecule has 0 radical (unpaired) electrons. The average Bonchev–Trinajstić information content (AvgIpc) is 2.94. The summed E-state index contributed by atoms with van der Waals surface area (Å²) in [4.78, 5) is 23.4. The zero-order valence-electron chi connectivity index (χ0n) is 17.6. The van der Waals surface area contributed by atoms with Crippen molar-refractivity contribution in [2.45, 2.75) is 31.0 Å². The minimum Gasteiger partial charge on any atom is -0.453 e. The molecule has 0 bridgehead atoms. The zero-order chi connectivity index (χ0) is 23.5. The quantitative estimate of drug-likeness (QED) is 0.332. The molecule has 0 aliphatic heterocycles. The summed E-state index contributed by atoms with van der Waals surface area (Å²) in [5, 5.41) is 30.6. The van der Waals surface area contributed by atoms with E-state index in [0.29, 0.717) is 12.0 Å². The van der Waals surface area contributed by atoms with Crippen LogP contribution in [-0.4, -0.2) is 33.8 Å². The van der Waals surface area contributed by atoms with Gasteiger partial charge >= 0.3 is 5.97 Å². The molecule has 1 aliphatic carbocycles. The minimum absolute atomic E-state index is 0.0850. The van der Waals surface area contributed by atoms with Gasteiger partial charge in [0, 0.05) is 18.1 Å². The number of nitro groups is 1. The first-order valence-corrected chi connectivity index (χ1v) is 10.5. The van der Waals surface area contributed by atoms with Crippen molar-refractivity contribution in [2.24, 2.45) is 0 Å². The van der Waals surface area contributed by atoms with Crippen molar-refractivity contribution in [2.75, 3.05) is 6.61 Å². The van der Waals surface area contributed by atoms with Crippen LogP contribution < -0.4 is 0 Å². The second kappa shape index (κ2) is 9.48. The molecule has 7 nitrogen and oxygen atoms in total. The second-order valence-corrected chi connectivity index (χ2v) is 8.03. The molecule has 8 heteroatoms. The summed E-state index contributed by atoms with van der Waals surface area (Å²) in [7, 11) is 0. The number of benzene rings is 3. The largest absolute Gasteiger partial charge is 0.453 e. The van der Waals surface area contributed by atoms with E-state index < -0.39 is 41.4 Å². The number of ether oxygens (including phenoxy) is 1. The number of carbonyl (C=O) groups is 1. The summed E-state index contributed by atoms with van der Waals surface area (Å²) in [6, 6.07) is 16.9. The number of rotatable bonds is 6. The number of fused-ring (bicyclic) bond motifs is 2. The van der Waals surface area contributed by atoms with Crippen molar-refractivity contribution in [1.29, 1.82) is 0 Å². The van der Waals surface area contributed by atoms with Crippen molar-refractivity contribution in [3.63, 3.8) is 0 Å². The van der Waals surface area contributed by atoms with Crippen LogP contribution >= 0.6 is 0 Å². The minimum atomic E-state index is -1.07. The Kier molecular flexibility index (Phi) is 6.48. The summed E-state index contributed by atoms with van der Waals surface area (Å²) in [5.41, 5.74) is 3.00. The number of nitro benzene ring substituents is 1. The summed E-state index contributed by atoms with van der Waals surface area (Å²) in [6.07, 6.45) is -1.44. The molecule has 0 heterocycles. The number of aliphatic hydroxyl groups excluding tert-OH is 2. The Morgan fingerprint density at radius 2 is 1.79 bits per heavy atom. The Bertz CT molecular complexity index is 1180. The van der Waals surface area contributed by atoms with E-state index in [1.807, 2.05) is 24.3 Å². The van der Waals surface area contributed by atoms with Crippen LogP contribution in [0.2, 0.25) is 0 Å². The summed E-state index contributed by atoms with van der Waals surface area (Å²) in [5.74, 6) is -1.76. The van der Waals surface area contributed by atoms with E-state index in [0.717, 1.165) is 16.7 Å². The van der Waals surface area contributed by atoms with Crippen molar-refractivity contribution in [3.8, 4) is 0 Å². The predicted molar refractivity (Wildman–Crippen MR) is 117 cm³/mol. The highest BCUT2D eigenvalue weighted by Gasteiger charge is 2.36. The van der Waals surface area contributed by atoms with Crippen LogP contribution in [0.3, 0.4) is 0 Å². The number of hydrogen-bond acceptors (Lipinski definition) is 6. The lowest BCUT2D eigenvalue weighted by atomic mass is 9.84. The van der Waals surface area contributed by atoms with Crippen molar-refractivity contribution in [1.82, 2.24) is 0 Å². The van der Waals surface area contributed by atoms with Crippen molar-refractivity contribution >= 4 is 11.7 Å². The molecular weight excluding hydrogens is 429 g/mol. The highest BCUT2D eigenvalue weighted by Crippen LogP contribution is 2.44. The summed E-state index contributed by atoms with van der Waals surface area (Å²) < 4.78 is 20.2. The van der Waals surface area contributed by atoms with Crippen LogP contribution in [0.25, 0.3) is 0 Å². The van der Waals surface area contributed by atoms with Gasteiger partial charge in [-0.15, -0.1) is 0 Å². The van der Waals surface area contributed by atoms with Crippen LogP contribution in [0, 0.1) is 15.9 Å². The highest BCUT2D eigenvalue weighted by atomic mass is 19.1. The molecule has 33 heavy (non-hydrogen) atoms. The Morgan fingerprint density at radius 1 is 1.09 bits per heavy atom. The van der Waals surface area contributed by atoms with E-state index >= 15 is 0 Å². The molecule has 0 fully saturated rings. The molecule has 0 saturated heterocycles. The number of carbonyl (C=O) groups excluding carboxylic acids is 1. The molecule has 2 N–H and O–H groups in total. The van der Waals surface area contributed by atoms with Gasteiger partial charge in [0.15, 0.2) is 0 Å². The predicted octanol–water partition coefficient (Wildman–Crippen LogP) is 4.06. The zero-order valence-corrected chi connectivity index (χ0v) is 17.6. The van der Waals surface area contributed by atoms with Crippen molar-refractivity contribution < 1.29 is 29.1 Å². The number of non-ortho nitro benzene ring substituents is 1. The molecule has 3 atom stereocenters. The first-order valence-electron chi connectivity index (χ1n) is 10.5. The number of halogens is 1. The van der Waals surface area contributed by atoms with Crippen LogP contribution in [0.4, 0.5) is 10.1 Å². The Morgan fingerprint density at radius 3 is 2.48 bits per heavy atom. The van der Waals surface area contributed by atoms with Gasteiger partial charge in [-0.25, -0.2) is 9.18 Å². The maximum atomic E-state index is 14.3. The molecule has 170 valence electrons. The lowest BCUT2D eigenvalue weighted by Crippen LogP contribution is -2.24. The number of nitrogens with zero attached hydrogens (tertiary/aromatic N) is 1. The molecule has 0 unspecified atom stereocenters. The van der Waals surface area contributed by atoms with E-state index in [4.69, 9.17) is 4.74 Å². The molecule has 0 amide bonds.